The summed E-state index contributed by atoms with van der Waals surface area (Å²) >= 11 is 1.61. The molecule has 0 saturated carbocycles. The molecule has 0 atom stereocenters. The van der Waals surface area contributed by atoms with Gasteiger partial charge in [-0.25, -0.2) is 4.98 Å². The van der Waals surface area contributed by atoms with Crippen molar-refractivity contribution in [2.24, 2.45) is 0 Å². The molecule has 5 heteroatoms. The molecule has 0 spiro atoms. The third kappa shape index (κ3) is 2.37. The van der Waals surface area contributed by atoms with E-state index >= 15 is 0 Å². The van der Waals surface area contributed by atoms with Crippen LogP contribution in [0.15, 0.2) is 47.4 Å². The smallest absolute Gasteiger partial charge is 0.267 e. The second-order valence-corrected chi connectivity index (χ2v) is 5.73. The van der Waals surface area contributed by atoms with Crippen LogP contribution in [0.1, 0.15) is 16.2 Å². The molecule has 3 aromatic rings. The lowest BCUT2D eigenvalue weighted by atomic mass is 10.2. The zero-order chi connectivity index (χ0) is 15.7. The van der Waals surface area contributed by atoms with E-state index in [9.17, 15) is 4.79 Å². The molecule has 0 amide bonds. The van der Waals surface area contributed by atoms with E-state index in [1.807, 2.05) is 49.6 Å². The number of rotatable bonds is 3. The number of aryl methyl sites for hydroxylation is 1. The molecule has 0 radical (unpaired) electrons. The van der Waals surface area contributed by atoms with Crippen LogP contribution >= 0.6 is 11.8 Å². The number of ether oxygens (including phenoxy) is 1. The monoisotopic (exact) mass is 312 g/mol. The molecular weight excluding hydrogens is 296 g/mol. The van der Waals surface area contributed by atoms with Crippen molar-refractivity contribution in [1.82, 2.24) is 9.55 Å². The van der Waals surface area contributed by atoms with Crippen molar-refractivity contribution in [3.63, 3.8) is 0 Å². The summed E-state index contributed by atoms with van der Waals surface area (Å²) in [7, 11) is 1.58. The van der Waals surface area contributed by atoms with Crippen LogP contribution in [-0.2, 0) is 0 Å². The van der Waals surface area contributed by atoms with Gasteiger partial charge >= 0.3 is 0 Å². The predicted octanol–water partition coefficient (Wildman–Crippen LogP) is 3.76. The van der Waals surface area contributed by atoms with Crippen LogP contribution in [0.3, 0.4) is 0 Å². The van der Waals surface area contributed by atoms with Gasteiger partial charge in [-0.1, -0.05) is 12.1 Å². The second-order valence-electron chi connectivity index (χ2n) is 4.85. The van der Waals surface area contributed by atoms with Crippen LogP contribution in [0.4, 0.5) is 0 Å². The first kappa shape index (κ1) is 14.7. The third-order valence-corrected chi connectivity index (χ3v) is 4.30. The van der Waals surface area contributed by atoms with E-state index in [0.29, 0.717) is 17.1 Å². The molecule has 0 unspecified atom stereocenters. The first-order valence-electron chi connectivity index (χ1n) is 6.86. The minimum atomic E-state index is -0.129. The summed E-state index contributed by atoms with van der Waals surface area (Å²) in [6.07, 6.45) is 1.99. The van der Waals surface area contributed by atoms with Gasteiger partial charge in [0.05, 0.1) is 23.7 Å². The number of carbonyl (C=O) groups excluding carboxylic acids is 1. The van der Waals surface area contributed by atoms with Crippen molar-refractivity contribution in [2.45, 2.75) is 11.8 Å². The molecule has 0 aliphatic carbocycles. The topological polar surface area (TPSA) is 44.1 Å². The number of hydrogen-bond donors (Lipinski definition) is 0. The maximum absolute atomic E-state index is 13.0. The molecule has 0 fully saturated rings. The maximum atomic E-state index is 13.0. The SMILES string of the molecule is COc1cc(SC)ccc1C(=O)n1c(C)nc2ccccc21. The van der Waals surface area contributed by atoms with Crippen molar-refractivity contribution in [3.8, 4) is 5.75 Å². The maximum Gasteiger partial charge on any atom is 0.267 e. The number of imidazole rings is 1. The molecule has 0 aliphatic heterocycles. The van der Waals surface area contributed by atoms with E-state index in [-0.39, 0.29) is 5.91 Å². The Bertz CT molecular complexity index is 855. The highest BCUT2D eigenvalue weighted by Gasteiger charge is 2.19. The van der Waals surface area contributed by atoms with E-state index in [1.165, 1.54) is 0 Å². The van der Waals surface area contributed by atoms with E-state index in [2.05, 4.69) is 4.98 Å². The molecule has 0 N–H and O–H groups in total. The minimum Gasteiger partial charge on any atom is -0.496 e. The quantitative estimate of drug-likeness (QED) is 0.691. The standard InChI is InChI=1S/C17H16N2O2S/c1-11-18-14-6-4-5-7-15(14)19(11)17(20)13-9-8-12(22-3)10-16(13)21-2/h4-10H,1-3H3. The van der Waals surface area contributed by atoms with Gasteiger partial charge in [-0.3, -0.25) is 9.36 Å². The molecule has 112 valence electrons. The predicted molar refractivity (Wildman–Crippen MR) is 89.0 cm³/mol. The molecule has 0 saturated heterocycles. The average molecular weight is 312 g/mol. The molecule has 22 heavy (non-hydrogen) atoms. The highest BCUT2D eigenvalue weighted by atomic mass is 32.2. The molecule has 4 nitrogen and oxygen atoms in total. The molecule has 2 aromatic carbocycles. The molecule has 3 rings (SSSR count). The number of methoxy groups -OCH3 is 1. The van der Waals surface area contributed by atoms with Gasteiger partial charge < -0.3 is 4.74 Å². The van der Waals surface area contributed by atoms with Crippen molar-refractivity contribution < 1.29 is 9.53 Å². The van der Waals surface area contributed by atoms with Crippen LogP contribution in [-0.4, -0.2) is 28.8 Å². The van der Waals surface area contributed by atoms with E-state index in [1.54, 1.807) is 29.5 Å². The Kier molecular flexibility index (Phi) is 3.90. The fourth-order valence-electron chi connectivity index (χ4n) is 2.50. The first-order valence-corrected chi connectivity index (χ1v) is 8.09. The number of nitrogens with zero attached hydrogens (tertiary/aromatic N) is 2. The highest BCUT2D eigenvalue weighted by Crippen LogP contribution is 2.27. The summed E-state index contributed by atoms with van der Waals surface area (Å²) in [6.45, 7) is 1.83. The van der Waals surface area contributed by atoms with Gasteiger partial charge in [0.25, 0.3) is 5.91 Å². The van der Waals surface area contributed by atoms with Crippen LogP contribution in [0, 0.1) is 6.92 Å². The Morgan fingerprint density at radius 3 is 2.73 bits per heavy atom. The number of thioether (sulfide) groups is 1. The summed E-state index contributed by atoms with van der Waals surface area (Å²) in [6, 6.07) is 13.2. The van der Waals surface area contributed by atoms with Gasteiger partial charge in [-0.15, -0.1) is 11.8 Å². The number of fused-ring (bicyclic) bond motifs is 1. The fourth-order valence-corrected chi connectivity index (χ4v) is 2.93. The zero-order valence-corrected chi connectivity index (χ0v) is 13.5. The number of carbonyl (C=O) groups is 1. The minimum absolute atomic E-state index is 0.129. The second kappa shape index (κ2) is 5.85. The highest BCUT2D eigenvalue weighted by molar-refractivity contribution is 7.98. The summed E-state index contributed by atoms with van der Waals surface area (Å²) in [5, 5.41) is 0. The Balaban J connectivity index is 2.16. The first-order chi connectivity index (χ1) is 10.7. The molecule has 0 aliphatic rings. The van der Waals surface area contributed by atoms with E-state index < -0.39 is 0 Å². The normalized spacial score (nSPS) is 10.9. The average Bonchev–Trinajstić information content (AvgIpc) is 2.89. The van der Waals surface area contributed by atoms with Gasteiger partial charge in [0.1, 0.15) is 11.6 Å². The van der Waals surface area contributed by atoms with Gasteiger partial charge in [0.2, 0.25) is 0 Å². The Morgan fingerprint density at radius 1 is 1.23 bits per heavy atom. The van der Waals surface area contributed by atoms with Crippen LogP contribution in [0.2, 0.25) is 0 Å². The molecule has 1 aromatic heterocycles. The van der Waals surface area contributed by atoms with Crippen LogP contribution in [0.25, 0.3) is 11.0 Å². The fraction of sp³-hybridized carbons (Fsp3) is 0.176. The lowest BCUT2D eigenvalue weighted by Crippen LogP contribution is -2.14. The van der Waals surface area contributed by atoms with Gasteiger partial charge in [0.15, 0.2) is 0 Å². The number of benzene rings is 2. The molecule has 0 bridgehead atoms. The molecule has 1 heterocycles. The largest absolute Gasteiger partial charge is 0.496 e. The van der Waals surface area contributed by atoms with Crippen molar-refractivity contribution in [1.29, 1.82) is 0 Å². The van der Waals surface area contributed by atoms with E-state index in [0.717, 1.165) is 15.9 Å². The lowest BCUT2D eigenvalue weighted by Gasteiger charge is -2.11. The summed E-state index contributed by atoms with van der Waals surface area (Å²) in [5.74, 6) is 1.12. The van der Waals surface area contributed by atoms with E-state index in [4.69, 9.17) is 4.74 Å². The Labute approximate surface area is 133 Å². The van der Waals surface area contributed by atoms with Gasteiger partial charge in [0, 0.05) is 4.90 Å². The number of para-hydroxylation sites is 2. The molecular formula is C17H16N2O2S. The number of aromatic nitrogens is 2. The van der Waals surface area contributed by atoms with Gasteiger partial charge in [-0.05, 0) is 43.5 Å². The van der Waals surface area contributed by atoms with Crippen LogP contribution < -0.4 is 4.74 Å². The number of hydrogen-bond acceptors (Lipinski definition) is 4. The summed E-state index contributed by atoms with van der Waals surface area (Å²) in [4.78, 5) is 18.5. The third-order valence-electron chi connectivity index (χ3n) is 3.57. The Morgan fingerprint density at radius 2 is 2.00 bits per heavy atom. The summed E-state index contributed by atoms with van der Waals surface area (Å²) < 4.78 is 7.02. The van der Waals surface area contributed by atoms with Crippen LogP contribution in [0.5, 0.6) is 5.75 Å². The van der Waals surface area contributed by atoms with Crippen molar-refractivity contribution in [2.75, 3.05) is 13.4 Å². The van der Waals surface area contributed by atoms with Gasteiger partial charge in [-0.2, -0.15) is 0 Å². The lowest BCUT2D eigenvalue weighted by molar-refractivity contribution is 0.0959. The van der Waals surface area contributed by atoms with Crippen molar-refractivity contribution in [3.05, 3.63) is 53.9 Å². The zero-order valence-electron chi connectivity index (χ0n) is 12.7. The Hall–Kier alpha value is -2.27. The summed E-state index contributed by atoms with van der Waals surface area (Å²) in [5.41, 5.74) is 2.15. The van der Waals surface area contributed by atoms with Crippen molar-refractivity contribution >= 4 is 28.7 Å².